The summed E-state index contributed by atoms with van der Waals surface area (Å²) in [5, 5.41) is 4.58. The number of fused-ring (bicyclic) bond motifs is 15. The molecule has 348 valence electrons. The van der Waals surface area contributed by atoms with E-state index in [1.807, 2.05) is 0 Å². The van der Waals surface area contributed by atoms with Crippen LogP contribution in [0.3, 0.4) is 0 Å². The maximum atomic E-state index is 7.08. The maximum absolute atomic E-state index is 7.08. The zero-order chi connectivity index (χ0) is 48.2. The van der Waals surface area contributed by atoms with Crippen LogP contribution in [0.5, 0.6) is 0 Å². The van der Waals surface area contributed by atoms with E-state index in [4.69, 9.17) is 8.83 Å². The molecule has 1 fully saturated rings. The van der Waals surface area contributed by atoms with E-state index in [1.165, 1.54) is 90.8 Å². The summed E-state index contributed by atoms with van der Waals surface area (Å²) in [5.74, 6) is 0. The van der Waals surface area contributed by atoms with Crippen molar-refractivity contribution in [2.45, 2.75) is 129 Å². The molecule has 0 saturated heterocycles. The fourth-order valence-corrected chi connectivity index (χ4v) is 13.8. The van der Waals surface area contributed by atoms with E-state index in [2.05, 4.69) is 218 Å². The molecule has 0 amide bonds. The van der Waals surface area contributed by atoms with E-state index < -0.39 is 0 Å². The third-order valence-electron chi connectivity index (χ3n) is 17.8. The molecule has 14 rings (SSSR count). The lowest BCUT2D eigenvalue weighted by Crippen LogP contribution is -2.61. The third-order valence-corrected chi connectivity index (χ3v) is 17.8. The molecular formula is C64H62BN3O2. The van der Waals surface area contributed by atoms with Gasteiger partial charge in [-0.2, -0.15) is 0 Å². The Labute approximate surface area is 412 Å². The van der Waals surface area contributed by atoms with Gasteiger partial charge in [-0.3, -0.25) is 0 Å². The summed E-state index contributed by atoms with van der Waals surface area (Å²) in [6.45, 7) is 26.3. The number of anilines is 5. The topological polar surface area (TPSA) is 37.7 Å². The molecule has 4 aliphatic rings. The van der Waals surface area contributed by atoms with Gasteiger partial charge in [0, 0.05) is 50.0 Å². The highest BCUT2D eigenvalue weighted by atomic mass is 16.3. The van der Waals surface area contributed by atoms with Crippen molar-refractivity contribution in [1.82, 2.24) is 4.57 Å². The second-order valence-electron chi connectivity index (χ2n) is 24.9. The van der Waals surface area contributed by atoms with E-state index in [1.54, 1.807) is 0 Å². The largest absolute Gasteiger partial charge is 0.456 e. The van der Waals surface area contributed by atoms with Gasteiger partial charge in [-0.15, -0.1) is 0 Å². The molecule has 6 heteroatoms. The number of hydrogen-bond donors (Lipinski definition) is 0. The first-order chi connectivity index (χ1) is 33.3. The van der Waals surface area contributed by atoms with Crippen molar-refractivity contribution in [1.29, 1.82) is 0 Å². The average Bonchev–Trinajstić information content (AvgIpc) is 4.04. The number of hydrogen-bond acceptors (Lipinski definition) is 4. The number of nitrogens with zero attached hydrogens (tertiary/aromatic N) is 3. The number of para-hydroxylation sites is 2. The molecule has 6 heterocycles. The van der Waals surface area contributed by atoms with Crippen molar-refractivity contribution in [3.63, 3.8) is 0 Å². The van der Waals surface area contributed by atoms with Crippen LogP contribution < -0.4 is 26.2 Å². The van der Waals surface area contributed by atoms with Gasteiger partial charge in [0.25, 0.3) is 6.71 Å². The second kappa shape index (κ2) is 13.6. The Morgan fingerprint density at radius 3 is 1.91 bits per heavy atom. The van der Waals surface area contributed by atoms with Gasteiger partial charge in [0.15, 0.2) is 5.58 Å². The van der Waals surface area contributed by atoms with E-state index in [0.717, 1.165) is 62.5 Å². The maximum Gasteiger partial charge on any atom is 0.252 e. The monoisotopic (exact) mass is 915 g/mol. The normalized spacial score (nSPS) is 19.7. The van der Waals surface area contributed by atoms with E-state index in [-0.39, 0.29) is 33.9 Å². The van der Waals surface area contributed by atoms with Crippen LogP contribution in [0.15, 0.2) is 136 Å². The molecule has 5 nitrogen and oxygen atoms in total. The van der Waals surface area contributed by atoms with Crippen molar-refractivity contribution in [2.75, 3.05) is 9.80 Å². The minimum absolute atomic E-state index is 0.0335. The first-order valence-electron chi connectivity index (χ1n) is 25.8. The van der Waals surface area contributed by atoms with Crippen LogP contribution in [-0.4, -0.2) is 16.8 Å². The van der Waals surface area contributed by atoms with Gasteiger partial charge < -0.3 is 23.2 Å². The fraction of sp³-hybridized carbons (Fsp3) is 0.312. The number of aromatic nitrogens is 1. The minimum Gasteiger partial charge on any atom is -0.456 e. The quantitative estimate of drug-likeness (QED) is 0.162. The van der Waals surface area contributed by atoms with Crippen molar-refractivity contribution in [3.8, 4) is 5.69 Å². The summed E-state index contributed by atoms with van der Waals surface area (Å²) < 4.78 is 16.4. The number of furan rings is 2. The van der Waals surface area contributed by atoms with E-state index in [0.29, 0.717) is 0 Å². The van der Waals surface area contributed by atoms with Gasteiger partial charge in [0.2, 0.25) is 0 Å². The van der Waals surface area contributed by atoms with Crippen molar-refractivity contribution in [2.24, 2.45) is 0 Å². The Kier molecular flexibility index (Phi) is 8.21. The third kappa shape index (κ3) is 5.40. The summed E-state index contributed by atoms with van der Waals surface area (Å²) >= 11 is 0. The van der Waals surface area contributed by atoms with Gasteiger partial charge >= 0.3 is 0 Å². The number of rotatable bonds is 2. The summed E-state index contributed by atoms with van der Waals surface area (Å²) in [6, 6.07) is 48.9. The highest BCUT2D eigenvalue weighted by Crippen LogP contribution is 2.62. The molecule has 70 heavy (non-hydrogen) atoms. The van der Waals surface area contributed by atoms with Crippen LogP contribution in [0, 0.1) is 0 Å². The smallest absolute Gasteiger partial charge is 0.252 e. The molecule has 1 aliphatic carbocycles. The highest BCUT2D eigenvalue weighted by molar-refractivity contribution is 7.00. The van der Waals surface area contributed by atoms with Crippen LogP contribution in [0.1, 0.15) is 124 Å². The molecule has 7 aromatic carbocycles. The Hall–Kier alpha value is -6.66. The Balaban J connectivity index is 1.18. The van der Waals surface area contributed by atoms with Crippen molar-refractivity contribution >= 4 is 106 Å². The van der Waals surface area contributed by atoms with Crippen LogP contribution >= 0.6 is 0 Å². The molecule has 3 aromatic heterocycles. The predicted molar refractivity (Wildman–Crippen MR) is 296 cm³/mol. The summed E-state index contributed by atoms with van der Waals surface area (Å²) in [7, 11) is 0. The van der Waals surface area contributed by atoms with Crippen LogP contribution in [0.2, 0.25) is 0 Å². The number of benzene rings is 7. The van der Waals surface area contributed by atoms with Crippen LogP contribution in [0.25, 0.3) is 60.6 Å². The first kappa shape index (κ1) is 42.2. The second-order valence-corrected chi connectivity index (χ2v) is 24.9. The molecule has 0 spiro atoms. The summed E-state index contributed by atoms with van der Waals surface area (Å²) in [6.07, 6.45) is 4.72. The Morgan fingerprint density at radius 2 is 1.16 bits per heavy atom. The van der Waals surface area contributed by atoms with E-state index in [9.17, 15) is 0 Å². The summed E-state index contributed by atoms with van der Waals surface area (Å²) in [4.78, 5) is 5.44. The lowest BCUT2D eigenvalue weighted by molar-refractivity contribution is 0.195. The highest BCUT2D eigenvalue weighted by Gasteiger charge is 2.58. The van der Waals surface area contributed by atoms with Crippen LogP contribution in [-0.2, 0) is 21.7 Å². The minimum atomic E-state index is -0.167. The van der Waals surface area contributed by atoms with Crippen molar-refractivity contribution < 1.29 is 8.83 Å². The average molecular weight is 916 g/mol. The Morgan fingerprint density at radius 1 is 0.500 bits per heavy atom. The molecule has 3 aliphatic heterocycles. The molecule has 10 aromatic rings. The first-order valence-corrected chi connectivity index (χ1v) is 25.8. The summed E-state index contributed by atoms with van der Waals surface area (Å²) in [5.41, 5.74) is 22.6. The molecular weight excluding hydrogens is 854 g/mol. The van der Waals surface area contributed by atoms with Gasteiger partial charge in [-0.25, -0.2) is 0 Å². The van der Waals surface area contributed by atoms with Gasteiger partial charge in [0.1, 0.15) is 22.3 Å². The molecule has 2 atom stereocenters. The standard InChI is InChI=1S/C64H62BN3O2/c1-60(2,3)37-26-28-47-44(32-37)63(10)29-16-17-30-64(63,11)68(47)40-35-50-56-51(36-40)67-57-43(59-58(67)42-20-13-15-23-53(42)70-59)31-39(62(7,8)9)33-46(57)65(56)45-27-25-38(61(4,5)6)34-49(45)66(50)48-21-18-24-54-55(48)41-19-12-14-22-52(41)69-54/h12-15,18-28,31-36H,16-17,29-30H2,1-11H3. The fourth-order valence-electron chi connectivity index (χ4n) is 13.8. The van der Waals surface area contributed by atoms with E-state index >= 15 is 0 Å². The van der Waals surface area contributed by atoms with Crippen LogP contribution in [0.4, 0.5) is 28.4 Å². The molecule has 0 N–H and O–H groups in total. The SMILES string of the molecule is CC(C)(C)c1ccc2c(c1)N(c1cccc3oc4ccccc4c13)c1cc(N3c4ccc(C(C)(C)C)cc4C4(C)CCCCC34C)cc3c1B2c1cc(C(C)(C)C)cc2c4oc5ccccc5c4n-3c12. The zero-order valence-electron chi connectivity index (χ0n) is 42.7. The zero-order valence-corrected chi connectivity index (χ0v) is 42.7. The van der Waals surface area contributed by atoms with Gasteiger partial charge in [-0.05, 0) is 135 Å². The molecule has 0 radical (unpaired) electrons. The van der Waals surface area contributed by atoms with Crippen molar-refractivity contribution in [3.05, 3.63) is 150 Å². The molecule has 0 bridgehead atoms. The van der Waals surface area contributed by atoms with Gasteiger partial charge in [-0.1, -0.05) is 149 Å². The lowest BCUT2D eigenvalue weighted by atomic mass is 9.33. The Bertz CT molecular complexity index is 3920. The lowest BCUT2D eigenvalue weighted by Gasteiger charge is -2.51. The predicted octanol–water partition coefficient (Wildman–Crippen LogP) is 15.7. The molecule has 1 saturated carbocycles. The van der Waals surface area contributed by atoms with Gasteiger partial charge in [0.05, 0.1) is 22.1 Å². The molecule has 2 unspecified atom stereocenters.